The van der Waals surface area contributed by atoms with Crippen molar-refractivity contribution >= 4 is 18.3 Å². The highest BCUT2D eigenvalue weighted by Crippen LogP contribution is 2.19. The minimum absolute atomic E-state index is 0. The Bertz CT molecular complexity index is 341. The second-order valence-electron chi connectivity index (χ2n) is 3.51. The summed E-state index contributed by atoms with van der Waals surface area (Å²) in [4.78, 5) is 11.2. The number of benzene rings is 1. The molecule has 3 N–H and O–H groups in total. The van der Waals surface area contributed by atoms with E-state index in [1.807, 2.05) is 31.2 Å². The summed E-state index contributed by atoms with van der Waals surface area (Å²) in [5.41, 5.74) is 6.33. The zero-order valence-electron chi connectivity index (χ0n) is 10.1. The number of halogens is 1. The Morgan fingerprint density at radius 1 is 1.41 bits per heavy atom. The summed E-state index contributed by atoms with van der Waals surface area (Å²) < 4.78 is 5.08. The van der Waals surface area contributed by atoms with Gasteiger partial charge in [-0.25, -0.2) is 0 Å². The van der Waals surface area contributed by atoms with Gasteiger partial charge < -0.3 is 15.8 Å². The molecular formula is C12H19ClN2O2. The van der Waals surface area contributed by atoms with Crippen LogP contribution in [0, 0.1) is 0 Å². The molecule has 0 spiro atoms. The van der Waals surface area contributed by atoms with Crippen molar-refractivity contribution in [2.75, 3.05) is 13.7 Å². The molecule has 0 bridgehead atoms. The SMILES string of the molecule is CCC(NC(=O)CN)c1ccc(OC)cc1.Cl. The fraction of sp³-hybridized carbons (Fsp3) is 0.417. The summed E-state index contributed by atoms with van der Waals surface area (Å²) in [5, 5.41) is 2.87. The molecule has 5 heteroatoms. The van der Waals surface area contributed by atoms with Gasteiger partial charge in [0.1, 0.15) is 5.75 Å². The van der Waals surface area contributed by atoms with Gasteiger partial charge in [0.25, 0.3) is 0 Å². The van der Waals surface area contributed by atoms with E-state index in [2.05, 4.69) is 5.32 Å². The van der Waals surface area contributed by atoms with E-state index in [0.29, 0.717) is 0 Å². The van der Waals surface area contributed by atoms with E-state index in [0.717, 1.165) is 17.7 Å². The van der Waals surface area contributed by atoms with E-state index < -0.39 is 0 Å². The number of methoxy groups -OCH3 is 1. The number of hydrogen-bond acceptors (Lipinski definition) is 3. The second-order valence-corrected chi connectivity index (χ2v) is 3.51. The van der Waals surface area contributed by atoms with E-state index in [9.17, 15) is 4.79 Å². The number of nitrogens with one attached hydrogen (secondary N) is 1. The largest absolute Gasteiger partial charge is 0.497 e. The minimum atomic E-state index is -0.136. The summed E-state index contributed by atoms with van der Waals surface area (Å²) in [6.07, 6.45) is 0.831. The molecule has 96 valence electrons. The van der Waals surface area contributed by atoms with Gasteiger partial charge in [0.15, 0.2) is 0 Å². The molecule has 17 heavy (non-hydrogen) atoms. The second kappa shape index (κ2) is 7.92. The maximum absolute atomic E-state index is 11.2. The Labute approximate surface area is 108 Å². The third-order valence-electron chi connectivity index (χ3n) is 2.45. The Morgan fingerprint density at radius 3 is 2.41 bits per heavy atom. The van der Waals surface area contributed by atoms with E-state index in [4.69, 9.17) is 10.5 Å². The molecule has 4 nitrogen and oxygen atoms in total. The highest BCUT2D eigenvalue weighted by molar-refractivity contribution is 5.85. The topological polar surface area (TPSA) is 64.4 Å². The average Bonchev–Trinajstić information content (AvgIpc) is 2.35. The highest BCUT2D eigenvalue weighted by atomic mass is 35.5. The molecule has 0 saturated heterocycles. The van der Waals surface area contributed by atoms with Gasteiger partial charge in [0, 0.05) is 0 Å². The zero-order chi connectivity index (χ0) is 12.0. The van der Waals surface area contributed by atoms with Crippen LogP contribution in [0.4, 0.5) is 0 Å². The van der Waals surface area contributed by atoms with Gasteiger partial charge in [-0.3, -0.25) is 4.79 Å². The van der Waals surface area contributed by atoms with Gasteiger partial charge in [0.2, 0.25) is 5.91 Å². The molecule has 0 aliphatic rings. The fourth-order valence-electron chi connectivity index (χ4n) is 1.51. The number of ether oxygens (including phenoxy) is 1. The zero-order valence-corrected chi connectivity index (χ0v) is 10.9. The number of hydrogen-bond donors (Lipinski definition) is 2. The molecule has 1 unspecified atom stereocenters. The number of amides is 1. The highest BCUT2D eigenvalue weighted by Gasteiger charge is 2.11. The van der Waals surface area contributed by atoms with Crippen molar-refractivity contribution < 1.29 is 9.53 Å². The minimum Gasteiger partial charge on any atom is -0.497 e. The van der Waals surface area contributed by atoms with Crippen LogP contribution in [0.2, 0.25) is 0 Å². The fourth-order valence-corrected chi connectivity index (χ4v) is 1.51. The molecule has 0 heterocycles. The molecule has 1 aromatic rings. The lowest BCUT2D eigenvalue weighted by atomic mass is 10.0. The molecule has 1 amide bonds. The maximum Gasteiger partial charge on any atom is 0.234 e. The smallest absolute Gasteiger partial charge is 0.234 e. The van der Waals surface area contributed by atoms with E-state index in [-0.39, 0.29) is 30.9 Å². The van der Waals surface area contributed by atoms with Crippen LogP contribution >= 0.6 is 12.4 Å². The molecule has 1 atom stereocenters. The number of nitrogens with two attached hydrogens (primary N) is 1. The van der Waals surface area contributed by atoms with Crippen LogP contribution in [0.25, 0.3) is 0 Å². The standard InChI is InChI=1S/C12H18N2O2.ClH/c1-3-11(14-12(15)8-13)9-4-6-10(16-2)7-5-9;/h4-7,11H,3,8,13H2,1-2H3,(H,14,15);1H. The molecule has 0 fully saturated rings. The first-order valence-corrected chi connectivity index (χ1v) is 5.34. The molecule has 0 aliphatic carbocycles. The van der Waals surface area contributed by atoms with Crippen LogP contribution < -0.4 is 15.8 Å². The molecule has 0 aliphatic heterocycles. The van der Waals surface area contributed by atoms with Gasteiger partial charge in [0.05, 0.1) is 19.7 Å². The molecular weight excluding hydrogens is 240 g/mol. The van der Waals surface area contributed by atoms with Crippen LogP contribution in [0.3, 0.4) is 0 Å². The van der Waals surface area contributed by atoms with Crippen molar-refractivity contribution in [3.05, 3.63) is 29.8 Å². The number of rotatable bonds is 5. The van der Waals surface area contributed by atoms with Gasteiger partial charge in [-0.15, -0.1) is 12.4 Å². The predicted octanol–water partition coefficient (Wildman–Crippen LogP) is 1.64. The lowest BCUT2D eigenvalue weighted by Gasteiger charge is -2.17. The number of carbonyl (C=O) groups is 1. The van der Waals surface area contributed by atoms with Crippen LogP contribution in [-0.2, 0) is 4.79 Å². The maximum atomic E-state index is 11.2. The third-order valence-corrected chi connectivity index (χ3v) is 2.45. The van der Waals surface area contributed by atoms with Crippen molar-refractivity contribution in [3.63, 3.8) is 0 Å². The molecule has 0 aromatic heterocycles. The van der Waals surface area contributed by atoms with Crippen molar-refractivity contribution in [2.24, 2.45) is 5.73 Å². The lowest BCUT2D eigenvalue weighted by Crippen LogP contribution is -2.33. The van der Waals surface area contributed by atoms with Crippen LogP contribution in [0.1, 0.15) is 24.9 Å². The van der Waals surface area contributed by atoms with Crippen molar-refractivity contribution in [1.82, 2.24) is 5.32 Å². The molecule has 0 radical (unpaired) electrons. The van der Waals surface area contributed by atoms with Gasteiger partial charge in [-0.1, -0.05) is 19.1 Å². The van der Waals surface area contributed by atoms with Gasteiger partial charge >= 0.3 is 0 Å². The first kappa shape index (κ1) is 15.7. The third kappa shape index (κ3) is 4.63. The van der Waals surface area contributed by atoms with Crippen molar-refractivity contribution in [3.8, 4) is 5.75 Å². The summed E-state index contributed by atoms with van der Waals surface area (Å²) in [7, 11) is 1.63. The first-order valence-electron chi connectivity index (χ1n) is 5.34. The molecule has 1 aromatic carbocycles. The van der Waals surface area contributed by atoms with Crippen LogP contribution in [0.5, 0.6) is 5.75 Å². The number of carbonyl (C=O) groups excluding carboxylic acids is 1. The Hall–Kier alpha value is -1.26. The summed E-state index contributed by atoms with van der Waals surface area (Å²) in [6, 6.07) is 7.68. The van der Waals surface area contributed by atoms with E-state index in [1.54, 1.807) is 7.11 Å². The average molecular weight is 259 g/mol. The molecule has 0 saturated carbocycles. The van der Waals surface area contributed by atoms with E-state index >= 15 is 0 Å². The lowest BCUT2D eigenvalue weighted by molar-refractivity contribution is -0.120. The van der Waals surface area contributed by atoms with E-state index in [1.165, 1.54) is 0 Å². The first-order chi connectivity index (χ1) is 7.71. The normalized spacial score (nSPS) is 11.2. The van der Waals surface area contributed by atoms with Crippen molar-refractivity contribution in [1.29, 1.82) is 0 Å². The van der Waals surface area contributed by atoms with Crippen molar-refractivity contribution in [2.45, 2.75) is 19.4 Å². The van der Waals surface area contributed by atoms with Crippen LogP contribution in [-0.4, -0.2) is 19.6 Å². The Balaban J connectivity index is 0.00000256. The molecule has 1 rings (SSSR count). The Morgan fingerprint density at radius 2 is 2.00 bits per heavy atom. The summed E-state index contributed by atoms with van der Waals surface area (Å²) in [6.45, 7) is 2.04. The van der Waals surface area contributed by atoms with Gasteiger partial charge in [-0.2, -0.15) is 0 Å². The quantitative estimate of drug-likeness (QED) is 0.844. The van der Waals surface area contributed by atoms with Gasteiger partial charge in [-0.05, 0) is 24.1 Å². The predicted molar refractivity (Wildman–Crippen MR) is 70.5 cm³/mol. The Kier molecular flexibility index (Phi) is 7.34. The van der Waals surface area contributed by atoms with Crippen LogP contribution in [0.15, 0.2) is 24.3 Å². The summed E-state index contributed by atoms with van der Waals surface area (Å²) >= 11 is 0. The summed E-state index contributed by atoms with van der Waals surface area (Å²) in [5.74, 6) is 0.673. The monoisotopic (exact) mass is 258 g/mol.